The van der Waals surface area contributed by atoms with E-state index in [0.717, 1.165) is 6.08 Å². The lowest BCUT2D eigenvalue weighted by molar-refractivity contribution is -0.122. The zero-order chi connectivity index (χ0) is 23.9. The highest BCUT2D eigenvalue weighted by molar-refractivity contribution is 6.42. The third-order valence-corrected chi connectivity index (χ3v) is 5.51. The summed E-state index contributed by atoms with van der Waals surface area (Å²) in [5.41, 5.74) is -0.0294. The first-order chi connectivity index (χ1) is 15.7. The minimum atomic E-state index is -1.14. The van der Waals surface area contributed by atoms with Gasteiger partial charge in [-0.2, -0.15) is 0 Å². The number of barbiturate groups is 1. The second-order valence-electron chi connectivity index (χ2n) is 6.76. The number of carbonyl (C=O) groups is 4. The fourth-order valence-electron chi connectivity index (χ4n) is 3.10. The van der Waals surface area contributed by atoms with Crippen molar-refractivity contribution in [1.82, 2.24) is 5.32 Å². The van der Waals surface area contributed by atoms with E-state index < -0.39 is 23.8 Å². The maximum atomic E-state index is 13.0. The number of aromatic carboxylic acids is 1. The van der Waals surface area contributed by atoms with Crippen molar-refractivity contribution >= 4 is 70.4 Å². The summed E-state index contributed by atoms with van der Waals surface area (Å²) in [5, 5.41) is 11.8. The monoisotopic (exact) mass is 504 g/mol. The highest BCUT2D eigenvalue weighted by atomic mass is 35.5. The molecule has 0 radical (unpaired) electrons. The van der Waals surface area contributed by atoms with Gasteiger partial charge in [0.15, 0.2) is 0 Å². The molecule has 2 N–H and O–H groups in total. The van der Waals surface area contributed by atoms with E-state index in [-0.39, 0.29) is 38.4 Å². The van der Waals surface area contributed by atoms with Gasteiger partial charge in [0.1, 0.15) is 17.1 Å². The van der Waals surface area contributed by atoms with Crippen LogP contribution in [0.3, 0.4) is 0 Å². The second-order valence-corrected chi connectivity index (χ2v) is 8.01. The van der Waals surface area contributed by atoms with Crippen LogP contribution < -0.4 is 10.2 Å². The summed E-state index contributed by atoms with van der Waals surface area (Å²) in [5.74, 6) is -2.67. The molecule has 4 amide bonds. The third-order valence-electron chi connectivity index (χ3n) is 4.64. The SMILES string of the molecule is O=C1NC(=O)N(c2ccc(Cl)cc2Cl)C(=O)/C1=C/c1ccc(-c2cc(C(=O)O)ccc2Cl)o1. The van der Waals surface area contributed by atoms with Crippen molar-refractivity contribution < 1.29 is 28.7 Å². The summed E-state index contributed by atoms with van der Waals surface area (Å²) in [7, 11) is 0. The van der Waals surface area contributed by atoms with Crippen molar-refractivity contribution in [3.05, 3.63) is 80.5 Å². The Balaban J connectivity index is 1.71. The first-order valence-electron chi connectivity index (χ1n) is 9.15. The molecular formula is C22H11Cl3N2O6. The number of benzene rings is 2. The first-order valence-corrected chi connectivity index (χ1v) is 10.3. The number of halogens is 3. The van der Waals surface area contributed by atoms with Gasteiger partial charge in [-0.05, 0) is 54.6 Å². The van der Waals surface area contributed by atoms with Crippen molar-refractivity contribution in [3.8, 4) is 11.3 Å². The molecule has 1 saturated heterocycles. The molecule has 1 aliphatic heterocycles. The Morgan fingerprint density at radius 2 is 1.73 bits per heavy atom. The van der Waals surface area contributed by atoms with Crippen LogP contribution in [0.15, 0.2) is 58.5 Å². The van der Waals surface area contributed by atoms with Crippen molar-refractivity contribution in [2.45, 2.75) is 0 Å². The summed E-state index contributed by atoms with van der Waals surface area (Å²) in [6.07, 6.45) is 1.15. The van der Waals surface area contributed by atoms with Gasteiger partial charge in [0.05, 0.1) is 21.3 Å². The molecule has 1 aromatic heterocycles. The molecule has 11 heteroatoms. The number of carbonyl (C=O) groups excluding carboxylic acids is 3. The standard InChI is InChI=1S/C22H11Cl3N2O6/c23-11-2-5-17(16(25)8-11)27-20(29)14(19(28)26-22(27)32)9-12-3-6-18(33-12)13-7-10(21(30)31)1-4-15(13)24/h1-9H,(H,30,31)(H,26,28,32)/b14-9+. The molecule has 1 aliphatic rings. The Bertz CT molecular complexity index is 1380. The molecule has 0 aliphatic carbocycles. The number of hydrogen-bond acceptors (Lipinski definition) is 5. The maximum Gasteiger partial charge on any atom is 0.335 e. The fraction of sp³-hybridized carbons (Fsp3) is 0. The molecule has 0 atom stereocenters. The number of hydrogen-bond donors (Lipinski definition) is 2. The van der Waals surface area contributed by atoms with Gasteiger partial charge in [-0.15, -0.1) is 0 Å². The van der Waals surface area contributed by atoms with Crippen LogP contribution >= 0.6 is 34.8 Å². The normalized spacial score (nSPS) is 15.2. The van der Waals surface area contributed by atoms with Crippen LogP contribution in [0.25, 0.3) is 17.4 Å². The third kappa shape index (κ3) is 4.36. The number of urea groups is 1. The quantitative estimate of drug-likeness (QED) is 0.368. The van der Waals surface area contributed by atoms with E-state index in [4.69, 9.17) is 39.2 Å². The molecule has 33 heavy (non-hydrogen) atoms. The van der Waals surface area contributed by atoms with E-state index in [0.29, 0.717) is 15.5 Å². The first kappa shape index (κ1) is 22.6. The molecule has 0 spiro atoms. The van der Waals surface area contributed by atoms with Crippen molar-refractivity contribution in [2.24, 2.45) is 0 Å². The number of carboxylic acid groups (broad SMARTS) is 1. The zero-order valence-corrected chi connectivity index (χ0v) is 18.5. The molecule has 2 aromatic carbocycles. The number of nitrogens with zero attached hydrogens (tertiary/aromatic N) is 1. The van der Waals surface area contributed by atoms with Gasteiger partial charge in [0, 0.05) is 10.6 Å². The summed E-state index contributed by atoms with van der Waals surface area (Å²) in [6.45, 7) is 0. The number of imide groups is 2. The van der Waals surface area contributed by atoms with E-state index in [1.807, 2.05) is 0 Å². The number of carboxylic acids is 1. The van der Waals surface area contributed by atoms with E-state index in [1.54, 1.807) is 0 Å². The van der Waals surface area contributed by atoms with Crippen LogP contribution in [-0.4, -0.2) is 28.9 Å². The summed E-state index contributed by atoms with van der Waals surface area (Å²) >= 11 is 18.2. The minimum absolute atomic E-state index is 0.00142. The molecule has 3 aromatic rings. The molecular weight excluding hydrogens is 495 g/mol. The summed E-state index contributed by atoms with van der Waals surface area (Å²) in [6, 6.07) is 10.3. The largest absolute Gasteiger partial charge is 0.478 e. The van der Waals surface area contributed by atoms with Crippen LogP contribution in [0, 0.1) is 0 Å². The maximum absolute atomic E-state index is 13.0. The van der Waals surface area contributed by atoms with E-state index >= 15 is 0 Å². The van der Waals surface area contributed by atoms with Crippen molar-refractivity contribution in [2.75, 3.05) is 4.90 Å². The highest BCUT2D eigenvalue weighted by Gasteiger charge is 2.38. The van der Waals surface area contributed by atoms with Gasteiger partial charge in [-0.25, -0.2) is 14.5 Å². The van der Waals surface area contributed by atoms with Gasteiger partial charge in [-0.3, -0.25) is 14.9 Å². The zero-order valence-electron chi connectivity index (χ0n) is 16.3. The number of nitrogens with one attached hydrogen (secondary N) is 1. The Labute approximate surface area is 200 Å². The van der Waals surface area contributed by atoms with Crippen LogP contribution in [0.1, 0.15) is 16.1 Å². The molecule has 1 fully saturated rings. The van der Waals surface area contributed by atoms with Crippen LogP contribution in [0.2, 0.25) is 15.1 Å². The molecule has 0 bridgehead atoms. The van der Waals surface area contributed by atoms with Gasteiger partial charge in [-0.1, -0.05) is 34.8 Å². The predicted octanol–water partition coefficient (Wildman–Crippen LogP) is 5.27. The predicted molar refractivity (Wildman–Crippen MR) is 122 cm³/mol. The Kier molecular flexibility index (Phi) is 5.99. The van der Waals surface area contributed by atoms with E-state index in [2.05, 4.69) is 5.32 Å². The molecule has 8 nitrogen and oxygen atoms in total. The van der Waals surface area contributed by atoms with Crippen LogP contribution in [0.5, 0.6) is 0 Å². The highest BCUT2D eigenvalue weighted by Crippen LogP contribution is 2.33. The van der Waals surface area contributed by atoms with Crippen LogP contribution in [0.4, 0.5) is 10.5 Å². The molecule has 0 unspecified atom stereocenters. The molecule has 2 heterocycles. The molecule has 4 rings (SSSR count). The number of anilines is 1. The van der Waals surface area contributed by atoms with Crippen molar-refractivity contribution in [1.29, 1.82) is 0 Å². The average molecular weight is 506 g/mol. The average Bonchev–Trinajstić information content (AvgIpc) is 3.21. The minimum Gasteiger partial charge on any atom is -0.478 e. The van der Waals surface area contributed by atoms with E-state index in [9.17, 15) is 24.3 Å². The van der Waals surface area contributed by atoms with E-state index in [1.165, 1.54) is 48.5 Å². The van der Waals surface area contributed by atoms with Gasteiger partial charge >= 0.3 is 12.0 Å². The van der Waals surface area contributed by atoms with Crippen molar-refractivity contribution in [3.63, 3.8) is 0 Å². The lowest BCUT2D eigenvalue weighted by Crippen LogP contribution is -2.54. The lowest BCUT2D eigenvalue weighted by atomic mass is 10.1. The number of rotatable bonds is 4. The Hall–Kier alpha value is -3.59. The van der Waals surface area contributed by atoms with Gasteiger partial charge in [0.2, 0.25) is 0 Å². The Morgan fingerprint density at radius 3 is 2.42 bits per heavy atom. The molecule has 0 saturated carbocycles. The summed E-state index contributed by atoms with van der Waals surface area (Å²) in [4.78, 5) is 49.6. The Morgan fingerprint density at radius 1 is 0.970 bits per heavy atom. The smallest absolute Gasteiger partial charge is 0.335 e. The number of amides is 4. The second kappa shape index (κ2) is 8.74. The molecule has 166 valence electrons. The summed E-state index contributed by atoms with van der Waals surface area (Å²) < 4.78 is 5.66. The van der Waals surface area contributed by atoms with Gasteiger partial charge in [0.25, 0.3) is 11.8 Å². The number of furan rings is 1. The lowest BCUT2D eigenvalue weighted by Gasteiger charge is -2.26. The fourth-order valence-corrected chi connectivity index (χ4v) is 3.81. The topological polar surface area (TPSA) is 117 Å². The van der Waals surface area contributed by atoms with Crippen LogP contribution in [-0.2, 0) is 9.59 Å². The van der Waals surface area contributed by atoms with Gasteiger partial charge < -0.3 is 9.52 Å².